The van der Waals surface area contributed by atoms with Crippen LogP contribution in [0.5, 0.6) is 5.75 Å². The van der Waals surface area contributed by atoms with Gasteiger partial charge in [-0.25, -0.2) is 0 Å². The normalized spacial score (nSPS) is 18.2. The number of hydrogen-bond acceptors (Lipinski definition) is 2. The number of methoxy groups -OCH3 is 1. The van der Waals surface area contributed by atoms with E-state index in [1.54, 1.807) is 7.11 Å². The van der Waals surface area contributed by atoms with Crippen LogP contribution >= 0.6 is 11.6 Å². The molecule has 1 aliphatic rings. The average molecular weight is 282 g/mol. The molecule has 0 bridgehead atoms. The molecule has 1 aliphatic heterocycles. The Labute approximate surface area is 119 Å². The summed E-state index contributed by atoms with van der Waals surface area (Å²) in [7, 11) is 1.62. The first-order valence-corrected chi connectivity index (χ1v) is 7.13. The van der Waals surface area contributed by atoms with Crippen molar-refractivity contribution in [2.24, 2.45) is 5.92 Å². The molecule has 2 rings (SSSR count). The number of ether oxygens (including phenoxy) is 1. The lowest BCUT2D eigenvalue weighted by Gasteiger charge is -2.33. The van der Waals surface area contributed by atoms with Gasteiger partial charge in [0.15, 0.2) is 0 Å². The van der Waals surface area contributed by atoms with E-state index in [0.717, 1.165) is 37.2 Å². The number of amides is 1. The van der Waals surface area contributed by atoms with Gasteiger partial charge in [0.1, 0.15) is 5.75 Å². The van der Waals surface area contributed by atoms with Gasteiger partial charge in [0, 0.05) is 24.0 Å². The van der Waals surface area contributed by atoms with Crippen molar-refractivity contribution >= 4 is 17.5 Å². The summed E-state index contributed by atoms with van der Waals surface area (Å²) >= 11 is 6.12. The van der Waals surface area contributed by atoms with Crippen LogP contribution in [0, 0.1) is 5.92 Å². The molecule has 3 nitrogen and oxygen atoms in total. The molecule has 0 radical (unpaired) electrons. The minimum atomic E-state index is 0.100. The van der Waals surface area contributed by atoms with Crippen LogP contribution in [0.25, 0.3) is 0 Å². The van der Waals surface area contributed by atoms with Crippen molar-refractivity contribution in [1.29, 1.82) is 0 Å². The van der Waals surface area contributed by atoms with Crippen LogP contribution in [0.2, 0.25) is 0 Å². The average Bonchev–Trinajstić information content (AvgIpc) is 2.46. The van der Waals surface area contributed by atoms with E-state index in [4.69, 9.17) is 16.3 Å². The molecular formula is C15H20ClNO2. The van der Waals surface area contributed by atoms with Crippen LogP contribution < -0.4 is 4.74 Å². The lowest BCUT2D eigenvalue weighted by molar-refractivity contribution is 0.0690. The molecule has 0 saturated carbocycles. The molecule has 0 spiro atoms. The maximum atomic E-state index is 12.3. The summed E-state index contributed by atoms with van der Waals surface area (Å²) in [6.07, 6.45) is 1.99. The number of alkyl halides is 1. The number of nitrogens with zero attached hydrogens (tertiary/aromatic N) is 1. The molecule has 0 N–H and O–H groups in total. The Morgan fingerprint density at radius 1 is 1.32 bits per heavy atom. The third-order valence-electron chi connectivity index (χ3n) is 3.81. The molecule has 104 valence electrons. The second-order valence-corrected chi connectivity index (χ2v) is 5.72. The van der Waals surface area contributed by atoms with Crippen LogP contribution in [0.3, 0.4) is 0 Å². The standard InChI is InChI=1S/C15H20ClNO2/c1-11(16)12-7-9-17(10-8-12)15(18)13-3-5-14(19-2)6-4-13/h3-6,11-12H,7-10H2,1-2H3. The topological polar surface area (TPSA) is 29.5 Å². The molecule has 1 saturated heterocycles. The van der Waals surface area contributed by atoms with Gasteiger partial charge in [0.2, 0.25) is 0 Å². The maximum absolute atomic E-state index is 12.3. The third-order valence-corrected chi connectivity index (χ3v) is 4.17. The highest BCUT2D eigenvalue weighted by Gasteiger charge is 2.25. The SMILES string of the molecule is COc1ccc(C(=O)N2CCC(C(C)Cl)CC2)cc1. The lowest BCUT2D eigenvalue weighted by atomic mass is 9.93. The van der Waals surface area contributed by atoms with E-state index in [-0.39, 0.29) is 11.3 Å². The number of piperidine rings is 1. The van der Waals surface area contributed by atoms with E-state index in [2.05, 4.69) is 0 Å². The molecule has 1 heterocycles. The Bertz CT molecular complexity index is 422. The minimum absolute atomic E-state index is 0.100. The molecule has 0 aliphatic carbocycles. The van der Waals surface area contributed by atoms with Gasteiger partial charge in [-0.3, -0.25) is 4.79 Å². The third kappa shape index (κ3) is 3.41. The first kappa shape index (κ1) is 14.2. The van der Waals surface area contributed by atoms with Gasteiger partial charge < -0.3 is 9.64 Å². The van der Waals surface area contributed by atoms with Crippen LogP contribution in [0.4, 0.5) is 0 Å². The largest absolute Gasteiger partial charge is 0.497 e. The fourth-order valence-corrected chi connectivity index (χ4v) is 2.73. The van der Waals surface area contributed by atoms with Crippen LogP contribution in [-0.4, -0.2) is 36.4 Å². The van der Waals surface area contributed by atoms with E-state index in [1.807, 2.05) is 36.1 Å². The summed E-state index contributed by atoms with van der Waals surface area (Å²) in [5, 5.41) is 0.193. The van der Waals surface area contributed by atoms with Gasteiger partial charge in [0.05, 0.1) is 7.11 Å². The lowest BCUT2D eigenvalue weighted by Crippen LogP contribution is -2.40. The Kier molecular flexibility index (Phi) is 4.70. The van der Waals surface area contributed by atoms with Crippen molar-refractivity contribution in [3.8, 4) is 5.75 Å². The zero-order valence-electron chi connectivity index (χ0n) is 11.4. The highest BCUT2D eigenvalue weighted by Crippen LogP contribution is 2.25. The van der Waals surface area contributed by atoms with Crippen LogP contribution in [0.15, 0.2) is 24.3 Å². The summed E-state index contributed by atoms with van der Waals surface area (Å²) in [5.41, 5.74) is 0.721. The Hall–Kier alpha value is -1.22. The highest BCUT2D eigenvalue weighted by atomic mass is 35.5. The van der Waals surface area contributed by atoms with Crippen molar-refractivity contribution in [3.05, 3.63) is 29.8 Å². The van der Waals surface area contributed by atoms with E-state index >= 15 is 0 Å². The Morgan fingerprint density at radius 3 is 2.37 bits per heavy atom. The molecule has 1 atom stereocenters. The molecule has 1 fully saturated rings. The first-order valence-electron chi connectivity index (χ1n) is 6.69. The van der Waals surface area contributed by atoms with Gasteiger partial charge in [-0.2, -0.15) is 0 Å². The summed E-state index contributed by atoms with van der Waals surface area (Å²) in [5.74, 6) is 1.40. The van der Waals surface area contributed by atoms with E-state index in [9.17, 15) is 4.79 Å². The van der Waals surface area contributed by atoms with Gasteiger partial charge in [-0.05, 0) is 49.9 Å². The number of carbonyl (C=O) groups is 1. The Balaban J connectivity index is 1.97. The minimum Gasteiger partial charge on any atom is -0.497 e. The van der Waals surface area contributed by atoms with Crippen molar-refractivity contribution < 1.29 is 9.53 Å². The fourth-order valence-electron chi connectivity index (χ4n) is 2.48. The predicted molar refractivity (Wildman–Crippen MR) is 76.9 cm³/mol. The second kappa shape index (κ2) is 6.29. The van der Waals surface area contributed by atoms with Crippen molar-refractivity contribution in [1.82, 2.24) is 4.90 Å². The summed E-state index contributed by atoms with van der Waals surface area (Å²) in [4.78, 5) is 14.2. The summed E-state index contributed by atoms with van der Waals surface area (Å²) in [6, 6.07) is 7.27. The second-order valence-electron chi connectivity index (χ2n) is 5.04. The highest BCUT2D eigenvalue weighted by molar-refractivity contribution is 6.20. The quantitative estimate of drug-likeness (QED) is 0.797. The summed E-state index contributed by atoms with van der Waals surface area (Å²) < 4.78 is 5.10. The number of carbonyl (C=O) groups excluding carboxylic acids is 1. The molecule has 1 unspecified atom stereocenters. The zero-order chi connectivity index (χ0) is 13.8. The van der Waals surface area contributed by atoms with Crippen LogP contribution in [-0.2, 0) is 0 Å². The number of rotatable bonds is 3. The Morgan fingerprint density at radius 2 is 1.89 bits per heavy atom. The van der Waals surface area contributed by atoms with E-state index < -0.39 is 0 Å². The number of hydrogen-bond donors (Lipinski definition) is 0. The maximum Gasteiger partial charge on any atom is 0.253 e. The smallest absolute Gasteiger partial charge is 0.253 e. The molecule has 0 aromatic heterocycles. The zero-order valence-corrected chi connectivity index (χ0v) is 12.2. The van der Waals surface area contributed by atoms with Gasteiger partial charge in [-0.1, -0.05) is 0 Å². The molecule has 4 heteroatoms. The van der Waals surface area contributed by atoms with Crippen LogP contribution in [0.1, 0.15) is 30.1 Å². The summed E-state index contributed by atoms with van der Waals surface area (Å²) in [6.45, 7) is 3.63. The van der Waals surface area contributed by atoms with E-state index in [1.165, 1.54) is 0 Å². The predicted octanol–water partition coefficient (Wildman–Crippen LogP) is 3.17. The number of likely N-dealkylation sites (tertiary alicyclic amines) is 1. The van der Waals surface area contributed by atoms with E-state index in [0.29, 0.717) is 5.92 Å². The molecule has 1 amide bonds. The van der Waals surface area contributed by atoms with Crippen molar-refractivity contribution in [3.63, 3.8) is 0 Å². The van der Waals surface area contributed by atoms with Crippen molar-refractivity contribution in [2.75, 3.05) is 20.2 Å². The van der Waals surface area contributed by atoms with Gasteiger partial charge in [0.25, 0.3) is 5.91 Å². The molecule has 19 heavy (non-hydrogen) atoms. The molecule has 1 aromatic carbocycles. The first-order chi connectivity index (χ1) is 9.11. The number of benzene rings is 1. The van der Waals surface area contributed by atoms with Gasteiger partial charge in [-0.15, -0.1) is 11.6 Å². The monoisotopic (exact) mass is 281 g/mol. The fraction of sp³-hybridized carbons (Fsp3) is 0.533. The van der Waals surface area contributed by atoms with Crippen molar-refractivity contribution in [2.45, 2.75) is 25.1 Å². The van der Waals surface area contributed by atoms with Gasteiger partial charge >= 0.3 is 0 Å². The molecule has 1 aromatic rings. The number of halogens is 1. The molecular weight excluding hydrogens is 262 g/mol.